The van der Waals surface area contributed by atoms with Crippen molar-refractivity contribution in [1.29, 1.82) is 0 Å². The molecular weight excluding hydrogens is 420 g/mol. The number of nitrogens with zero attached hydrogens (tertiary/aromatic N) is 3. The number of aryl methyl sites for hydroxylation is 1. The van der Waals surface area contributed by atoms with Gasteiger partial charge >= 0.3 is 0 Å². The third-order valence-corrected chi connectivity index (χ3v) is 5.89. The first-order valence-electron chi connectivity index (χ1n) is 10.5. The van der Waals surface area contributed by atoms with Crippen molar-refractivity contribution in [2.45, 2.75) is 56.5 Å². The third-order valence-electron chi connectivity index (χ3n) is 4.78. The molecule has 0 aliphatic carbocycles. The summed E-state index contributed by atoms with van der Waals surface area (Å²) < 4.78 is 18.8. The van der Waals surface area contributed by atoms with Gasteiger partial charge in [0, 0.05) is 25.2 Å². The summed E-state index contributed by atoms with van der Waals surface area (Å²) >= 11 is 1.41. The molecule has 1 aromatic carbocycles. The second-order valence-electron chi connectivity index (χ2n) is 7.29. The summed E-state index contributed by atoms with van der Waals surface area (Å²) in [5.41, 5.74) is 5.28. The summed E-state index contributed by atoms with van der Waals surface area (Å²) in [6.07, 6.45) is 2.09. The molecule has 1 aliphatic heterocycles. The van der Waals surface area contributed by atoms with E-state index in [9.17, 15) is 9.90 Å². The number of carbonyl (C=O) groups excluding carboxylic acids is 1. The number of aliphatic hydroxyl groups is 1. The lowest BCUT2D eigenvalue weighted by Crippen LogP contribution is -2.22. The second-order valence-corrected chi connectivity index (χ2v) is 8.28. The molecule has 2 unspecified atom stereocenters. The van der Waals surface area contributed by atoms with Gasteiger partial charge in [0.15, 0.2) is 5.16 Å². The lowest BCUT2D eigenvalue weighted by molar-refractivity contribution is -0.118. The van der Waals surface area contributed by atoms with E-state index in [0.717, 1.165) is 25.2 Å². The second kappa shape index (κ2) is 11.9. The van der Waals surface area contributed by atoms with Gasteiger partial charge in [-0.3, -0.25) is 4.79 Å². The SMILES string of the molecule is CCOc1ccc(OCC(O)CSc2nnc(CCC(N)=O)n2CC2CCCO2)cc1. The third kappa shape index (κ3) is 7.41. The molecule has 170 valence electrons. The molecule has 1 fully saturated rings. The van der Waals surface area contributed by atoms with Gasteiger partial charge in [-0.2, -0.15) is 0 Å². The highest BCUT2D eigenvalue weighted by molar-refractivity contribution is 7.99. The van der Waals surface area contributed by atoms with Gasteiger partial charge in [0.05, 0.1) is 25.4 Å². The Morgan fingerprint density at radius 1 is 1.32 bits per heavy atom. The Kier molecular flexibility index (Phi) is 8.98. The molecule has 1 saturated heterocycles. The Bertz CT molecular complexity index is 824. The number of ether oxygens (including phenoxy) is 3. The van der Waals surface area contributed by atoms with Crippen LogP contribution in [0.5, 0.6) is 11.5 Å². The quantitative estimate of drug-likeness (QED) is 0.443. The average molecular weight is 451 g/mol. The normalized spacial score (nSPS) is 16.9. The van der Waals surface area contributed by atoms with Crippen LogP contribution in [0.3, 0.4) is 0 Å². The first-order chi connectivity index (χ1) is 15.0. The van der Waals surface area contributed by atoms with Crippen molar-refractivity contribution < 1.29 is 24.1 Å². The number of thioether (sulfide) groups is 1. The van der Waals surface area contributed by atoms with Crippen LogP contribution in [0.4, 0.5) is 0 Å². The number of benzene rings is 1. The van der Waals surface area contributed by atoms with Crippen LogP contribution in [-0.4, -0.2) is 63.6 Å². The maximum Gasteiger partial charge on any atom is 0.217 e. The number of hydrogen-bond donors (Lipinski definition) is 2. The molecule has 2 aromatic rings. The van der Waals surface area contributed by atoms with E-state index in [1.165, 1.54) is 11.8 Å². The molecule has 0 saturated carbocycles. The van der Waals surface area contributed by atoms with Gasteiger partial charge in [0.25, 0.3) is 0 Å². The Balaban J connectivity index is 1.53. The van der Waals surface area contributed by atoms with Crippen molar-refractivity contribution in [3.8, 4) is 11.5 Å². The summed E-state index contributed by atoms with van der Waals surface area (Å²) in [4.78, 5) is 11.2. The van der Waals surface area contributed by atoms with Crippen molar-refractivity contribution >= 4 is 17.7 Å². The monoisotopic (exact) mass is 450 g/mol. The van der Waals surface area contributed by atoms with Crippen LogP contribution in [-0.2, 0) is 22.5 Å². The van der Waals surface area contributed by atoms with E-state index in [2.05, 4.69) is 10.2 Å². The van der Waals surface area contributed by atoms with Crippen LogP contribution in [0.2, 0.25) is 0 Å². The van der Waals surface area contributed by atoms with E-state index in [1.54, 1.807) is 0 Å². The zero-order valence-electron chi connectivity index (χ0n) is 17.7. The maximum atomic E-state index is 11.2. The summed E-state index contributed by atoms with van der Waals surface area (Å²) in [6, 6.07) is 7.30. The van der Waals surface area contributed by atoms with Crippen LogP contribution in [0.15, 0.2) is 29.4 Å². The number of aromatic nitrogens is 3. The molecule has 9 nitrogen and oxygen atoms in total. The van der Waals surface area contributed by atoms with Crippen molar-refractivity contribution in [2.75, 3.05) is 25.6 Å². The molecule has 0 bridgehead atoms. The molecule has 3 rings (SSSR count). The van der Waals surface area contributed by atoms with Crippen molar-refractivity contribution in [3.05, 3.63) is 30.1 Å². The minimum absolute atomic E-state index is 0.107. The van der Waals surface area contributed by atoms with Crippen molar-refractivity contribution in [1.82, 2.24) is 14.8 Å². The van der Waals surface area contributed by atoms with Gasteiger partial charge in [-0.25, -0.2) is 0 Å². The summed E-state index contributed by atoms with van der Waals surface area (Å²) in [5.74, 6) is 2.18. The Labute approximate surface area is 186 Å². The summed E-state index contributed by atoms with van der Waals surface area (Å²) in [5, 5.41) is 19.5. The van der Waals surface area contributed by atoms with Gasteiger partial charge < -0.3 is 29.6 Å². The molecule has 1 aromatic heterocycles. The van der Waals surface area contributed by atoms with E-state index < -0.39 is 6.10 Å². The van der Waals surface area contributed by atoms with Crippen LogP contribution < -0.4 is 15.2 Å². The Morgan fingerprint density at radius 2 is 2.06 bits per heavy atom. The number of hydrogen-bond acceptors (Lipinski definition) is 8. The van der Waals surface area contributed by atoms with Crippen LogP contribution in [0.1, 0.15) is 32.0 Å². The average Bonchev–Trinajstić information content (AvgIpc) is 3.41. The van der Waals surface area contributed by atoms with Crippen LogP contribution in [0.25, 0.3) is 0 Å². The molecule has 2 atom stereocenters. The molecule has 3 N–H and O–H groups in total. The molecule has 31 heavy (non-hydrogen) atoms. The summed E-state index contributed by atoms with van der Waals surface area (Å²) in [6.45, 7) is 4.09. The predicted molar refractivity (Wildman–Crippen MR) is 116 cm³/mol. The molecule has 10 heteroatoms. The fourth-order valence-electron chi connectivity index (χ4n) is 3.23. The highest BCUT2D eigenvalue weighted by Crippen LogP contribution is 2.23. The number of amides is 1. The Hall–Kier alpha value is -2.30. The summed E-state index contributed by atoms with van der Waals surface area (Å²) in [7, 11) is 0. The molecule has 1 aliphatic rings. The smallest absolute Gasteiger partial charge is 0.217 e. The highest BCUT2D eigenvalue weighted by atomic mass is 32.2. The topological polar surface area (TPSA) is 122 Å². The van der Waals surface area contributed by atoms with E-state index in [-0.39, 0.29) is 25.0 Å². The number of primary amides is 1. The lowest BCUT2D eigenvalue weighted by atomic mass is 10.2. The zero-order chi connectivity index (χ0) is 22.1. The number of rotatable bonds is 13. The van der Waals surface area contributed by atoms with Gasteiger partial charge in [-0.15, -0.1) is 10.2 Å². The first kappa shape index (κ1) is 23.4. The minimum atomic E-state index is -0.682. The van der Waals surface area contributed by atoms with E-state index in [4.69, 9.17) is 19.9 Å². The molecule has 0 radical (unpaired) electrons. The van der Waals surface area contributed by atoms with Gasteiger partial charge in [-0.1, -0.05) is 11.8 Å². The Morgan fingerprint density at radius 3 is 2.71 bits per heavy atom. The fourth-order valence-corrected chi connectivity index (χ4v) is 4.10. The largest absolute Gasteiger partial charge is 0.494 e. The number of carbonyl (C=O) groups is 1. The number of aliphatic hydroxyl groups excluding tert-OH is 1. The first-order valence-corrected chi connectivity index (χ1v) is 11.5. The van der Waals surface area contributed by atoms with E-state index in [1.807, 2.05) is 35.8 Å². The lowest BCUT2D eigenvalue weighted by Gasteiger charge is -2.16. The maximum absolute atomic E-state index is 11.2. The van der Waals surface area contributed by atoms with Gasteiger partial charge in [0.1, 0.15) is 23.9 Å². The fraction of sp³-hybridized carbons (Fsp3) is 0.571. The van der Waals surface area contributed by atoms with Crippen LogP contribution in [0, 0.1) is 0 Å². The molecule has 1 amide bonds. The molecule has 0 spiro atoms. The van der Waals surface area contributed by atoms with Crippen molar-refractivity contribution in [3.63, 3.8) is 0 Å². The number of nitrogens with two attached hydrogens (primary N) is 1. The standard InChI is InChI=1S/C21H30N4O5S/c1-2-28-16-5-7-17(8-6-16)30-13-15(26)14-31-21-24-23-20(10-9-19(22)27)25(21)12-18-4-3-11-29-18/h5-8,15,18,26H,2-4,9-14H2,1H3,(H2,22,27). The minimum Gasteiger partial charge on any atom is -0.494 e. The van der Waals surface area contributed by atoms with Crippen LogP contribution >= 0.6 is 11.8 Å². The van der Waals surface area contributed by atoms with Gasteiger partial charge in [0.2, 0.25) is 5.91 Å². The highest BCUT2D eigenvalue weighted by Gasteiger charge is 2.22. The van der Waals surface area contributed by atoms with E-state index in [0.29, 0.717) is 42.1 Å². The molecular formula is C21H30N4O5S. The van der Waals surface area contributed by atoms with Gasteiger partial charge in [-0.05, 0) is 44.0 Å². The van der Waals surface area contributed by atoms with Crippen molar-refractivity contribution in [2.24, 2.45) is 5.73 Å². The molecule has 2 heterocycles. The predicted octanol–water partition coefficient (Wildman–Crippen LogP) is 1.81. The zero-order valence-corrected chi connectivity index (χ0v) is 18.6. The van der Waals surface area contributed by atoms with E-state index >= 15 is 0 Å².